The average Bonchev–Trinajstić information content (AvgIpc) is 2.54. The Morgan fingerprint density at radius 1 is 0.958 bits per heavy atom. The zero-order chi connectivity index (χ0) is 17.6. The van der Waals surface area contributed by atoms with Gasteiger partial charge in [-0.15, -0.1) is 0 Å². The van der Waals surface area contributed by atoms with Crippen molar-refractivity contribution < 1.29 is 14.3 Å². The number of hydrogen-bond acceptors (Lipinski definition) is 3. The van der Waals surface area contributed by atoms with Gasteiger partial charge in [0, 0.05) is 0 Å². The molecule has 0 unspecified atom stereocenters. The predicted octanol–water partition coefficient (Wildman–Crippen LogP) is 4.79. The Kier molecular flexibility index (Phi) is 6.02. The minimum absolute atomic E-state index is 0.172. The smallest absolute Gasteiger partial charge is 0.309 e. The van der Waals surface area contributed by atoms with Crippen molar-refractivity contribution >= 4 is 5.97 Å². The highest BCUT2D eigenvalue weighted by atomic mass is 16.5. The Balaban J connectivity index is 1.84. The van der Waals surface area contributed by atoms with Crippen molar-refractivity contribution in [3.05, 3.63) is 65.7 Å². The molecule has 0 aliphatic carbocycles. The van der Waals surface area contributed by atoms with Crippen LogP contribution in [0.15, 0.2) is 54.6 Å². The van der Waals surface area contributed by atoms with E-state index in [4.69, 9.17) is 9.47 Å². The van der Waals surface area contributed by atoms with Crippen LogP contribution in [0, 0.1) is 5.92 Å². The number of ether oxygens (including phenoxy) is 2. The predicted molar refractivity (Wildman–Crippen MR) is 95.9 cm³/mol. The van der Waals surface area contributed by atoms with E-state index in [1.54, 1.807) is 0 Å². The van der Waals surface area contributed by atoms with Gasteiger partial charge in [-0.1, -0.05) is 49.4 Å². The van der Waals surface area contributed by atoms with E-state index in [2.05, 4.69) is 0 Å². The van der Waals surface area contributed by atoms with Crippen molar-refractivity contribution in [3.63, 3.8) is 0 Å². The van der Waals surface area contributed by atoms with E-state index in [9.17, 15) is 4.79 Å². The lowest BCUT2D eigenvalue weighted by atomic mass is 10.0. The maximum atomic E-state index is 12.1. The van der Waals surface area contributed by atoms with Crippen LogP contribution in [0.3, 0.4) is 0 Å². The molecular weight excluding hydrogens is 300 g/mol. The lowest BCUT2D eigenvalue weighted by Crippen LogP contribution is -2.22. The summed E-state index contributed by atoms with van der Waals surface area (Å²) in [7, 11) is 0. The van der Waals surface area contributed by atoms with E-state index in [1.165, 1.54) is 0 Å². The molecule has 2 aromatic rings. The summed E-state index contributed by atoms with van der Waals surface area (Å²) >= 11 is 0. The number of benzene rings is 2. The molecule has 0 aliphatic rings. The first-order valence-electron chi connectivity index (χ1n) is 8.32. The van der Waals surface area contributed by atoms with Gasteiger partial charge < -0.3 is 9.47 Å². The van der Waals surface area contributed by atoms with Gasteiger partial charge in [0.15, 0.2) is 0 Å². The highest BCUT2D eigenvalue weighted by molar-refractivity contribution is 5.72. The van der Waals surface area contributed by atoms with Crippen LogP contribution >= 0.6 is 0 Å². The average molecular weight is 326 g/mol. The van der Waals surface area contributed by atoms with E-state index < -0.39 is 0 Å². The first kappa shape index (κ1) is 18.1. The van der Waals surface area contributed by atoms with Crippen LogP contribution in [0.2, 0.25) is 0 Å². The molecule has 2 aromatic carbocycles. The summed E-state index contributed by atoms with van der Waals surface area (Å²) < 4.78 is 11.2. The molecule has 1 atom stereocenters. The monoisotopic (exact) mass is 326 g/mol. The lowest BCUT2D eigenvalue weighted by molar-refractivity contribution is -0.149. The summed E-state index contributed by atoms with van der Waals surface area (Å²) in [6.07, 6.45) is 0.656. The summed E-state index contributed by atoms with van der Waals surface area (Å²) in [4.78, 5) is 12.1. The van der Waals surface area contributed by atoms with Crippen molar-refractivity contribution in [2.24, 2.45) is 5.92 Å². The molecule has 0 radical (unpaired) electrons. The largest absolute Gasteiger partial charge is 0.488 e. The third kappa shape index (κ3) is 6.07. The van der Waals surface area contributed by atoms with Gasteiger partial charge in [-0.25, -0.2) is 0 Å². The molecule has 128 valence electrons. The molecule has 3 heteroatoms. The van der Waals surface area contributed by atoms with Crippen molar-refractivity contribution in [1.29, 1.82) is 0 Å². The van der Waals surface area contributed by atoms with Crippen LogP contribution in [0.25, 0.3) is 0 Å². The van der Waals surface area contributed by atoms with Gasteiger partial charge in [-0.2, -0.15) is 0 Å². The van der Waals surface area contributed by atoms with Crippen LogP contribution in [0.1, 0.15) is 38.8 Å². The molecular formula is C21H26O3. The molecule has 24 heavy (non-hydrogen) atoms. The second-order valence-electron chi connectivity index (χ2n) is 7.06. The van der Waals surface area contributed by atoms with E-state index in [0.717, 1.165) is 16.9 Å². The minimum atomic E-state index is -0.212. The maximum Gasteiger partial charge on any atom is 0.309 e. The molecule has 0 saturated carbocycles. The van der Waals surface area contributed by atoms with Crippen molar-refractivity contribution in [2.75, 3.05) is 0 Å². The summed E-state index contributed by atoms with van der Waals surface area (Å²) in [5, 5.41) is 0. The summed E-state index contributed by atoms with van der Waals surface area (Å²) in [6.45, 7) is 8.28. The Hall–Kier alpha value is -2.29. The molecule has 0 spiro atoms. The first-order chi connectivity index (χ1) is 11.3. The Morgan fingerprint density at radius 2 is 1.58 bits per heavy atom. The van der Waals surface area contributed by atoms with Crippen LogP contribution in [-0.2, 0) is 22.6 Å². The zero-order valence-electron chi connectivity index (χ0n) is 14.9. The number of esters is 1. The van der Waals surface area contributed by atoms with Gasteiger partial charge in [0.05, 0.1) is 5.92 Å². The number of rotatable bonds is 6. The number of hydrogen-bond donors (Lipinski definition) is 0. The summed E-state index contributed by atoms with van der Waals surface area (Å²) in [6, 6.07) is 17.6. The number of carbonyl (C=O) groups excluding carboxylic acids is 1. The summed E-state index contributed by atoms with van der Waals surface area (Å²) in [5.74, 6) is 0.488. The second kappa shape index (κ2) is 8.00. The van der Waals surface area contributed by atoms with E-state index in [0.29, 0.717) is 13.0 Å². The van der Waals surface area contributed by atoms with Gasteiger partial charge in [-0.3, -0.25) is 4.79 Å². The Bertz CT molecular complexity index is 639. The SMILES string of the molecule is C[C@@H](Cc1ccc(OC(C)(C)C)cc1)C(=O)OCc1ccccc1. The molecule has 0 amide bonds. The fourth-order valence-corrected chi connectivity index (χ4v) is 2.35. The third-order valence-electron chi connectivity index (χ3n) is 3.52. The van der Waals surface area contributed by atoms with Gasteiger partial charge in [0.1, 0.15) is 18.0 Å². The molecule has 3 nitrogen and oxygen atoms in total. The van der Waals surface area contributed by atoms with Crippen LogP contribution in [0.5, 0.6) is 5.75 Å². The fraction of sp³-hybridized carbons (Fsp3) is 0.381. The summed E-state index contributed by atoms with van der Waals surface area (Å²) in [5.41, 5.74) is 1.89. The topological polar surface area (TPSA) is 35.5 Å². The normalized spacial score (nSPS) is 12.5. The third-order valence-corrected chi connectivity index (χ3v) is 3.52. The van der Waals surface area contributed by atoms with Crippen molar-refractivity contribution in [1.82, 2.24) is 0 Å². The van der Waals surface area contributed by atoms with E-state index in [-0.39, 0.29) is 17.5 Å². The van der Waals surface area contributed by atoms with E-state index >= 15 is 0 Å². The van der Waals surface area contributed by atoms with E-state index in [1.807, 2.05) is 82.3 Å². The van der Waals surface area contributed by atoms with Crippen LogP contribution in [0.4, 0.5) is 0 Å². The highest BCUT2D eigenvalue weighted by Crippen LogP contribution is 2.20. The molecule has 0 aliphatic heterocycles. The molecule has 0 saturated heterocycles. The standard InChI is InChI=1S/C21H26O3/c1-16(20(22)23-15-18-8-6-5-7-9-18)14-17-10-12-19(13-11-17)24-21(2,3)4/h5-13,16H,14-15H2,1-4H3/t16-/m0/s1. The molecule has 0 aromatic heterocycles. The quantitative estimate of drug-likeness (QED) is 0.716. The second-order valence-corrected chi connectivity index (χ2v) is 7.06. The van der Waals surface area contributed by atoms with Crippen LogP contribution in [-0.4, -0.2) is 11.6 Å². The van der Waals surface area contributed by atoms with Crippen molar-refractivity contribution in [3.8, 4) is 5.75 Å². The molecule has 0 N–H and O–H groups in total. The molecule has 0 heterocycles. The van der Waals surface area contributed by atoms with Gasteiger partial charge in [0.2, 0.25) is 0 Å². The number of carbonyl (C=O) groups is 1. The van der Waals surface area contributed by atoms with Crippen LogP contribution < -0.4 is 4.74 Å². The van der Waals surface area contributed by atoms with Gasteiger partial charge in [-0.05, 0) is 50.5 Å². The molecule has 2 rings (SSSR count). The van der Waals surface area contributed by atoms with Crippen molar-refractivity contribution in [2.45, 2.75) is 46.3 Å². The van der Waals surface area contributed by atoms with Gasteiger partial charge >= 0.3 is 5.97 Å². The van der Waals surface area contributed by atoms with Gasteiger partial charge in [0.25, 0.3) is 0 Å². The molecule has 0 bridgehead atoms. The Labute approximate surface area is 144 Å². The minimum Gasteiger partial charge on any atom is -0.488 e. The maximum absolute atomic E-state index is 12.1. The molecule has 0 fully saturated rings. The Morgan fingerprint density at radius 3 is 2.17 bits per heavy atom. The lowest BCUT2D eigenvalue weighted by Gasteiger charge is -2.21. The zero-order valence-corrected chi connectivity index (χ0v) is 14.9. The fourth-order valence-electron chi connectivity index (χ4n) is 2.35. The highest BCUT2D eigenvalue weighted by Gasteiger charge is 2.16. The first-order valence-corrected chi connectivity index (χ1v) is 8.32.